The number of H-pyrrole nitrogens is 1. The zero-order valence-corrected chi connectivity index (χ0v) is 14.1. The minimum Gasteiger partial charge on any atom is -0.359 e. The molecule has 0 atom stereocenters. The van der Waals surface area contributed by atoms with Crippen LogP contribution in [0.15, 0.2) is 54.9 Å². The molecule has 1 aliphatic rings. The van der Waals surface area contributed by atoms with Gasteiger partial charge in [-0.1, -0.05) is 18.2 Å². The number of aryl methyl sites for hydroxylation is 1. The van der Waals surface area contributed by atoms with Gasteiger partial charge in [0.25, 0.3) is 0 Å². The van der Waals surface area contributed by atoms with Crippen molar-refractivity contribution >= 4 is 28.3 Å². The van der Waals surface area contributed by atoms with Crippen LogP contribution in [0.1, 0.15) is 17.5 Å². The number of hydrogen-bond donors (Lipinski definition) is 2. The summed E-state index contributed by atoms with van der Waals surface area (Å²) < 4.78 is 0. The molecule has 1 aliphatic heterocycles. The first-order valence-electron chi connectivity index (χ1n) is 8.45. The molecule has 0 aliphatic carbocycles. The van der Waals surface area contributed by atoms with E-state index in [1.165, 1.54) is 5.57 Å². The molecule has 126 valence electrons. The highest BCUT2D eigenvalue weighted by Crippen LogP contribution is 2.28. The predicted molar refractivity (Wildman–Crippen MR) is 100 cm³/mol. The molecule has 5 heteroatoms. The summed E-state index contributed by atoms with van der Waals surface area (Å²) >= 11 is 0. The molecule has 2 N–H and O–H groups in total. The van der Waals surface area contributed by atoms with E-state index in [0.717, 1.165) is 34.3 Å². The van der Waals surface area contributed by atoms with E-state index < -0.39 is 0 Å². The number of hydrogen-bond acceptors (Lipinski definition) is 2. The highest BCUT2D eigenvalue weighted by molar-refractivity contribution is 5.92. The molecule has 3 aromatic rings. The molecule has 0 spiro atoms. The van der Waals surface area contributed by atoms with Gasteiger partial charge in [-0.05, 0) is 48.7 Å². The van der Waals surface area contributed by atoms with Crippen LogP contribution in [0, 0.1) is 6.92 Å². The monoisotopic (exact) mass is 332 g/mol. The van der Waals surface area contributed by atoms with Gasteiger partial charge in [-0.25, -0.2) is 4.79 Å². The van der Waals surface area contributed by atoms with Gasteiger partial charge >= 0.3 is 6.03 Å². The molecule has 5 nitrogen and oxygen atoms in total. The minimum absolute atomic E-state index is 0.0575. The van der Waals surface area contributed by atoms with Crippen LogP contribution in [-0.2, 0) is 0 Å². The number of anilines is 1. The Balaban J connectivity index is 1.47. The Hall–Kier alpha value is -3.08. The van der Waals surface area contributed by atoms with E-state index in [1.54, 1.807) is 0 Å². The van der Waals surface area contributed by atoms with Gasteiger partial charge in [0.1, 0.15) is 0 Å². The number of aromatic amines is 1. The molecule has 2 aromatic heterocycles. The van der Waals surface area contributed by atoms with Crippen LogP contribution in [0.5, 0.6) is 0 Å². The highest BCUT2D eigenvalue weighted by atomic mass is 16.2. The SMILES string of the molecule is Cc1cccc(NC(=O)N2CC=C(c3c[nH]c4cccnc34)CC2)c1. The van der Waals surface area contributed by atoms with Crippen molar-refractivity contribution in [2.24, 2.45) is 0 Å². The second-order valence-electron chi connectivity index (χ2n) is 6.33. The number of aromatic nitrogens is 2. The second-order valence-corrected chi connectivity index (χ2v) is 6.33. The van der Waals surface area contributed by atoms with Gasteiger partial charge in [0.2, 0.25) is 0 Å². The zero-order valence-electron chi connectivity index (χ0n) is 14.1. The van der Waals surface area contributed by atoms with Gasteiger partial charge in [0, 0.05) is 36.7 Å². The highest BCUT2D eigenvalue weighted by Gasteiger charge is 2.19. The number of fused-ring (bicyclic) bond motifs is 1. The Labute approximate surface area is 146 Å². The van der Waals surface area contributed by atoms with Gasteiger partial charge in [-0.2, -0.15) is 0 Å². The Bertz CT molecular complexity index is 957. The average molecular weight is 332 g/mol. The third-order valence-electron chi connectivity index (χ3n) is 4.55. The largest absolute Gasteiger partial charge is 0.359 e. The zero-order chi connectivity index (χ0) is 17.2. The lowest BCUT2D eigenvalue weighted by Crippen LogP contribution is -2.37. The molecule has 0 saturated heterocycles. The van der Waals surface area contributed by atoms with E-state index in [1.807, 2.05) is 60.6 Å². The summed E-state index contributed by atoms with van der Waals surface area (Å²) in [5.74, 6) is 0. The van der Waals surface area contributed by atoms with Crippen molar-refractivity contribution in [3.8, 4) is 0 Å². The summed E-state index contributed by atoms with van der Waals surface area (Å²) in [4.78, 5) is 22.0. The number of nitrogens with one attached hydrogen (secondary N) is 2. The Morgan fingerprint density at radius 3 is 3.00 bits per heavy atom. The van der Waals surface area contributed by atoms with Crippen molar-refractivity contribution < 1.29 is 4.79 Å². The summed E-state index contributed by atoms with van der Waals surface area (Å²) in [6, 6.07) is 11.7. The quantitative estimate of drug-likeness (QED) is 0.739. The third kappa shape index (κ3) is 3.13. The lowest BCUT2D eigenvalue weighted by atomic mass is 10.0. The number of amides is 2. The molecule has 0 fully saturated rings. The maximum atomic E-state index is 12.5. The van der Waals surface area contributed by atoms with Crippen molar-refractivity contribution in [2.75, 3.05) is 18.4 Å². The summed E-state index contributed by atoms with van der Waals surface area (Å²) in [6.07, 6.45) is 6.76. The molecular formula is C20H20N4O. The van der Waals surface area contributed by atoms with E-state index >= 15 is 0 Å². The summed E-state index contributed by atoms with van der Waals surface area (Å²) in [5.41, 5.74) is 6.37. The van der Waals surface area contributed by atoms with Crippen LogP contribution in [0.4, 0.5) is 10.5 Å². The van der Waals surface area contributed by atoms with Gasteiger partial charge in [-0.15, -0.1) is 0 Å². The molecule has 3 heterocycles. The summed E-state index contributed by atoms with van der Waals surface area (Å²) in [6.45, 7) is 3.32. The van der Waals surface area contributed by atoms with Crippen molar-refractivity contribution in [3.05, 3.63) is 66.0 Å². The van der Waals surface area contributed by atoms with E-state index in [4.69, 9.17) is 0 Å². The van der Waals surface area contributed by atoms with E-state index in [-0.39, 0.29) is 6.03 Å². The number of urea groups is 1. The molecule has 0 radical (unpaired) electrons. The molecule has 2 amide bonds. The first-order chi connectivity index (χ1) is 12.2. The van der Waals surface area contributed by atoms with Crippen LogP contribution < -0.4 is 5.32 Å². The standard InChI is InChI=1S/C20H20N4O/c1-14-4-2-5-16(12-14)23-20(25)24-10-7-15(8-11-24)17-13-22-18-6-3-9-21-19(17)18/h2-7,9,12-13,22H,8,10-11H2,1H3,(H,23,25). The van der Waals surface area contributed by atoms with Crippen LogP contribution in [-0.4, -0.2) is 34.0 Å². The van der Waals surface area contributed by atoms with Crippen LogP contribution in [0.25, 0.3) is 16.6 Å². The van der Waals surface area contributed by atoms with Gasteiger partial charge in [-0.3, -0.25) is 4.98 Å². The van der Waals surface area contributed by atoms with Gasteiger partial charge in [0.15, 0.2) is 0 Å². The Morgan fingerprint density at radius 1 is 1.28 bits per heavy atom. The van der Waals surface area contributed by atoms with Crippen molar-refractivity contribution in [1.82, 2.24) is 14.9 Å². The molecule has 0 saturated carbocycles. The fraction of sp³-hybridized carbons (Fsp3) is 0.200. The van der Waals surface area contributed by atoms with Crippen molar-refractivity contribution in [1.29, 1.82) is 0 Å². The lowest BCUT2D eigenvalue weighted by Gasteiger charge is -2.26. The molecule has 0 unspecified atom stereocenters. The third-order valence-corrected chi connectivity index (χ3v) is 4.55. The molecule has 1 aromatic carbocycles. The normalized spacial score (nSPS) is 14.4. The van der Waals surface area contributed by atoms with E-state index in [0.29, 0.717) is 13.1 Å². The number of pyridine rings is 1. The number of rotatable bonds is 2. The molecule has 25 heavy (non-hydrogen) atoms. The summed E-state index contributed by atoms with van der Waals surface area (Å²) in [7, 11) is 0. The van der Waals surface area contributed by atoms with Gasteiger partial charge < -0.3 is 15.2 Å². The molecular weight excluding hydrogens is 312 g/mol. The maximum Gasteiger partial charge on any atom is 0.322 e. The van der Waals surface area contributed by atoms with Crippen LogP contribution in [0.3, 0.4) is 0 Å². The maximum absolute atomic E-state index is 12.5. The summed E-state index contributed by atoms with van der Waals surface area (Å²) in [5, 5.41) is 2.97. The second kappa shape index (κ2) is 6.43. The number of carbonyl (C=O) groups excluding carboxylic acids is 1. The number of nitrogens with zero attached hydrogens (tertiary/aromatic N) is 2. The lowest BCUT2D eigenvalue weighted by molar-refractivity contribution is 0.217. The van der Waals surface area contributed by atoms with Gasteiger partial charge in [0.05, 0.1) is 11.0 Å². The smallest absolute Gasteiger partial charge is 0.322 e. The fourth-order valence-corrected chi connectivity index (χ4v) is 3.22. The number of benzene rings is 1. The van der Waals surface area contributed by atoms with Crippen molar-refractivity contribution in [2.45, 2.75) is 13.3 Å². The van der Waals surface area contributed by atoms with E-state index in [2.05, 4.69) is 21.4 Å². The first kappa shape index (κ1) is 15.4. The van der Waals surface area contributed by atoms with E-state index in [9.17, 15) is 4.79 Å². The predicted octanol–water partition coefficient (Wildman–Crippen LogP) is 4.19. The minimum atomic E-state index is -0.0575. The Morgan fingerprint density at radius 2 is 2.20 bits per heavy atom. The average Bonchev–Trinajstić information content (AvgIpc) is 3.06. The first-order valence-corrected chi connectivity index (χ1v) is 8.45. The fourth-order valence-electron chi connectivity index (χ4n) is 3.22. The molecule has 4 rings (SSSR count). The topological polar surface area (TPSA) is 61.0 Å². The Kier molecular flexibility index (Phi) is 3.98. The van der Waals surface area contributed by atoms with Crippen LogP contribution in [0.2, 0.25) is 0 Å². The van der Waals surface area contributed by atoms with Crippen LogP contribution >= 0.6 is 0 Å². The molecule has 0 bridgehead atoms. The number of carbonyl (C=O) groups is 1. The van der Waals surface area contributed by atoms with Crippen molar-refractivity contribution in [3.63, 3.8) is 0 Å².